The highest BCUT2D eigenvalue weighted by atomic mass is 16.5. The molecule has 3 aromatic heterocycles. The van der Waals surface area contributed by atoms with Crippen molar-refractivity contribution in [2.24, 2.45) is 0 Å². The van der Waals surface area contributed by atoms with Gasteiger partial charge in [-0.05, 0) is 18.2 Å². The lowest BCUT2D eigenvalue weighted by Crippen LogP contribution is -2.28. The number of aromatic nitrogens is 6. The minimum Gasteiger partial charge on any atom is -0.334 e. The SMILES string of the molecule is c1ccc(-c2nc(CCn3ccnc3-c3cc4n(n3)CCNC4)no2)cc1. The van der Waals surface area contributed by atoms with Gasteiger partial charge in [-0.2, -0.15) is 10.1 Å². The first-order valence-electron chi connectivity index (χ1n) is 9.04. The minimum absolute atomic E-state index is 0.547. The Balaban J connectivity index is 1.32. The minimum atomic E-state index is 0.547. The van der Waals surface area contributed by atoms with Crippen LogP contribution in [0.5, 0.6) is 0 Å². The summed E-state index contributed by atoms with van der Waals surface area (Å²) >= 11 is 0. The molecule has 0 spiro atoms. The van der Waals surface area contributed by atoms with Crippen LogP contribution in [0, 0.1) is 0 Å². The van der Waals surface area contributed by atoms with Crippen LogP contribution in [0.15, 0.2) is 53.3 Å². The molecule has 1 N–H and O–H groups in total. The Bertz CT molecular complexity index is 1020. The molecule has 0 saturated heterocycles. The van der Waals surface area contributed by atoms with Crippen LogP contribution in [0.1, 0.15) is 11.5 Å². The van der Waals surface area contributed by atoms with Gasteiger partial charge in [0.25, 0.3) is 5.89 Å². The van der Waals surface area contributed by atoms with E-state index >= 15 is 0 Å². The zero-order valence-electron chi connectivity index (χ0n) is 14.7. The molecule has 0 aliphatic carbocycles. The van der Waals surface area contributed by atoms with Crippen molar-refractivity contribution in [1.29, 1.82) is 0 Å². The number of hydrogen-bond donors (Lipinski definition) is 1. The monoisotopic (exact) mass is 361 g/mol. The van der Waals surface area contributed by atoms with E-state index in [0.29, 0.717) is 24.7 Å². The topological polar surface area (TPSA) is 86.6 Å². The third kappa shape index (κ3) is 3.15. The average molecular weight is 361 g/mol. The van der Waals surface area contributed by atoms with Gasteiger partial charge in [-0.1, -0.05) is 23.4 Å². The first-order valence-corrected chi connectivity index (χ1v) is 9.04. The molecule has 1 aliphatic heterocycles. The third-order valence-electron chi connectivity index (χ3n) is 4.68. The van der Waals surface area contributed by atoms with Crippen LogP contribution in [0.3, 0.4) is 0 Å². The van der Waals surface area contributed by atoms with Crippen LogP contribution in [-0.4, -0.2) is 36.0 Å². The van der Waals surface area contributed by atoms with Crippen LogP contribution in [-0.2, 0) is 26.1 Å². The van der Waals surface area contributed by atoms with Crippen molar-refractivity contribution in [2.45, 2.75) is 26.1 Å². The molecule has 0 saturated carbocycles. The molecule has 0 bridgehead atoms. The molecule has 1 aromatic carbocycles. The highest BCUT2D eigenvalue weighted by Crippen LogP contribution is 2.20. The molecule has 1 aliphatic rings. The van der Waals surface area contributed by atoms with Crippen molar-refractivity contribution < 1.29 is 4.52 Å². The van der Waals surface area contributed by atoms with Crippen molar-refractivity contribution in [1.82, 2.24) is 34.8 Å². The maximum Gasteiger partial charge on any atom is 0.257 e. The molecule has 5 rings (SSSR count). The Morgan fingerprint density at radius 3 is 3.00 bits per heavy atom. The number of nitrogens with one attached hydrogen (secondary N) is 1. The predicted octanol–water partition coefficient (Wildman–Crippen LogP) is 2.14. The number of imidazole rings is 1. The summed E-state index contributed by atoms with van der Waals surface area (Å²) in [5.74, 6) is 2.09. The second-order valence-electron chi connectivity index (χ2n) is 6.50. The molecule has 0 fully saturated rings. The molecule has 27 heavy (non-hydrogen) atoms. The molecule has 8 heteroatoms. The maximum atomic E-state index is 5.38. The van der Waals surface area contributed by atoms with Crippen LogP contribution in [0.25, 0.3) is 23.0 Å². The standard InChI is InChI=1S/C19H19N7O/c1-2-4-14(5-3-1)19-22-17(24-27-19)6-9-25-10-8-21-18(25)16-12-15-13-20-7-11-26(15)23-16/h1-5,8,10,12,20H,6-7,9,11,13H2. The number of rotatable bonds is 5. The van der Waals surface area contributed by atoms with Gasteiger partial charge in [0.15, 0.2) is 11.6 Å². The highest BCUT2D eigenvalue weighted by Gasteiger charge is 2.16. The van der Waals surface area contributed by atoms with Crippen LogP contribution in [0.4, 0.5) is 0 Å². The summed E-state index contributed by atoms with van der Waals surface area (Å²) in [6.45, 7) is 3.40. The van der Waals surface area contributed by atoms with Crippen molar-refractivity contribution in [3.05, 3.63) is 60.3 Å². The van der Waals surface area contributed by atoms with E-state index in [0.717, 1.165) is 36.7 Å². The van der Waals surface area contributed by atoms with Crippen LogP contribution >= 0.6 is 0 Å². The van der Waals surface area contributed by atoms with E-state index in [1.165, 1.54) is 5.69 Å². The fraction of sp³-hybridized carbons (Fsp3) is 0.263. The normalized spacial score (nSPS) is 13.6. The quantitative estimate of drug-likeness (QED) is 0.586. The number of aryl methyl sites for hydroxylation is 2. The van der Waals surface area contributed by atoms with E-state index in [4.69, 9.17) is 9.62 Å². The summed E-state index contributed by atoms with van der Waals surface area (Å²) in [4.78, 5) is 8.99. The van der Waals surface area contributed by atoms with Crippen molar-refractivity contribution >= 4 is 0 Å². The zero-order chi connectivity index (χ0) is 18.1. The Labute approximate surface area is 155 Å². The molecule has 0 unspecified atom stereocenters. The average Bonchev–Trinajstić information content (AvgIpc) is 3.45. The van der Waals surface area contributed by atoms with E-state index in [-0.39, 0.29) is 0 Å². The lowest BCUT2D eigenvalue weighted by Gasteiger charge is -2.13. The number of nitrogens with zero attached hydrogens (tertiary/aromatic N) is 6. The Morgan fingerprint density at radius 2 is 2.11 bits per heavy atom. The van der Waals surface area contributed by atoms with Gasteiger partial charge in [-0.25, -0.2) is 4.98 Å². The van der Waals surface area contributed by atoms with Gasteiger partial charge < -0.3 is 14.4 Å². The first-order chi connectivity index (χ1) is 13.4. The van der Waals surface area contributed by atoms with E-state index in [1.54, 1.807) is 6.20 Å². The summed E-state index contributed by atoms with van der Waals surface area (Å²) in [7, 11) is 0. The van der Waals surface area contributed by atoms with E-state index in [2.05, 4.69) is 35.8 Å². The lowest BCUT2D eigenvalue weighted by molar-refractivity contribution is 0.420. The van der Waals surface area contributed by atoms with Crippen LogP contribution in [0.2, 0.25) is 0 Å². The Hall–Kier alpha value is -3.26. The van der Waals surface area contributed by atoms with Gasteiger partial charge in [-0.15, -0.1) is 0 Å². The third-order valence-corrected chi connectivity index (χ3v) is 4.68. The summed E-state index contributed by atoms with van der Waals surface area (Å²) in [5.41, 5.74) is 3.02. The Morgan fingerprint density at radius 1 is 1.19 bits per heavy atom. The Kier molecular flexibility index (Phi) is 4.02. The van der Waals surface area contributed by atoms with Gasteiger partial charge in [0.2, 0.25) is 0 Å². The first kappa shape index (κ1) is 16.0. The molecule has 0 amide bonds. The summed E-state index contributed by atoms with van der Waals surface area (Å²) < 4.78 is 9.52. The summed E-state index contributed by atoms with van der Waals surface area (Å²) in [6.07, 6.45) is 4.43. The van der Waals surface area contributed by atoms with Gasteiger partial charge in [0.1, 0.15) is 5.69 Å². The molecule has 4 heterocycles. The fourth-order valence-corrected chi connectivity index (χ4v) is 3.30. The smallest absolute Gasteiger partial charge is 0.257 e. The molecular formula is C19H19N7O. The molecular weight excluding hydrogens is 342 g/mol. The summed E-state index contributed by atoms with van der Waals surface area (Å²) in [5, 5.41) is 12.2. The second kappa shape index (κ2) is 6.81. The predicted molar refractivity (Wildman–Crippen MR) is 98.6 cm³/mol. The number of fused-ring (bicyclic) bond motifs is 1. The molecule has 0 atom stereocenters. The van der Waals surface area contributed by atoms with Crippen molar-refractivity contribution in [2.75, 3.05) is 6.54 Å². The van der Waals surface area contributed by atoms with Crippen LogP contribution < -0.4 is 5.32 Å². The second-order valence-corrected chi connectivity index (χ2v) is 6.50. The van der Waals surface area contributed by atoms with E-state index in [9.17, 15) is 0 Å². The van der Waals surface area contributed by atoms with Crippen molar-refractivity contribution in [3.8, 4) is 23.0 Å². The van der Waals surface area contributed by atoms with Gasteiger partial charge in [0, 0.05) is 44.0 Å². The molecule has 0 radical (unpaired) electrons. The largest absolute Gasteiger partial charge is 0.334 e. The highest BCUT2D eigenvalue weighted by molar-refractivity contribution is 5.52. The molecule has 4 aromatic rings. The maximum absolute atomic E-state index is 5.38. The molecule has 8 nitrogen and oxygen atoms in total. The van der Waals surface area contributed by atoms with Crippen molar-refractivity contribution in [3.63, 3.8) is 0 Å². The number of hydrogen-bond acceptors (Lipinski definition) is 6. The zero-order valence-corrected chi connectivity index (χ0v) is 14.7. The van der Waals surface area contributed by atoms with E-state index < -0.39 is 0 Å². The number of benzene rings is 1. The van der Waals surface area contributed by atoms with Gasteiger partial charge in [-0.3, -0.25) is 4.68 Å². The van der Waals surface area contributed by atoms with Gasteiger partial charge >= 0.3 is 0 Å². The van der Waals surface area contributed by atoms with Gasteiger partial charge in [0.05, 0.1) is 12.2 Å². The lowest BCUT2D eigenvalue weighted by atomic mass is 10.2. The summed E-state index contributed by atoms with van der Waals surface area (Å²) in [6, 6.07) is 11.9. The van der Waals surface area contributed by atoms with E-state index in [1.807, 2.05) is 36.5 Å². The fourth-order valence-electron chi connectivity index (χ4n) is 3.30. The molecule has 136 valence electrons.